The number of anilines is 1. The summed E-state index contributed by atoms with van der Waals surface area (Å²) in [6, 6.07) is 9.24. The fraction of sp³-hybridized carbons (Fsp3) is 0.611. The molecule has 1 heterocycles. The first kappa shape index (κ1) is 14.4. The molecule has 0 bridgehead atoms. The van der Waals surface area contributed by atoms with Crippen LogP contribution in [0.4, 0.5) is 5.69 Å². The van der Waals surface area contributed by atoms with E-state index in [9.17, 15) is 4.79 Å². The molecule has 0 radical (unpaired) electrons. The van der Waals surface area contributed by atoms with Crippen LogP contribution in [0, 0.1) is 5.92 Å². The maximum Gasteiger partial charge on any atom is 0.239 e. The molecule has 3 rings (SSSR count). The van der Waals surface area contributed by atoms with Crippen molar-refractivity contribution in [3.05, 3.63) is 29.8 Å². The van der Waals surface area contributed by atoms with Crippen molar-refractivity contribution in [3.8, 4) is 0 Å². The molecule has 1 N–H and O–H groups in total. The van der Waals surface area contributed by atoms with Crippen LogP contribution in [0.15, 0.2) is 24.3 Å². The fourth-order valence-electron chi connectivity index (χ4n) is 3.81. The average molecular weight is 286 g/mol. The fourth-order valence-corrected chi connectivity index (χ4v) is 3.81. The lowest BCUT2D eigenvalue weighted by Gasteiger charge is -2.31. The van der Waals surface area contributed by atoms with E-state index in [4.69, 9.17) is 0 Å². The molecule has 3 heteroatoms. The molecule has 0 saturated heterocycles. The molecular formula is C18H26N2O. The average Bonchev–Trinajstić information content (AvgIpc) is 2.78. The summed E-state index contributed by atoms with van der Waals surface area (Å²) in [6.45, 7) is 4.95. The summed E-state index contributed by atoms with van der Waals surface area (Å²) in [6.07, 6.45) is 5.98. The Labute approximate surface area is 127 Å². The molecule has 3 atom stereocenters. The summed E-state index contributed by atoms with van der Waals surface area (Å²) in [4.78, 5) is 14.7. The molecule has 0 unspecified atom stereocenters. The molecule has 2 aliphatic rings. The number of nitrogens with one attached hydrogen (secondary N) is 1. The van der Waals surface area contributed by atoms with Gasteiger partial charge in [-0.05, 0) is 43.7 Å². The van der Waals surface area contributed by atoms with Gasteiger partial charge in [0, 0.05) is 17.8 Å². The third-order valence-electron chi connectivity index (χ3n) is 5.12. The Balaban J connectivity index is 1.62. The van der Waals surface area contributed by atoms with Crippen molar-refractivity contribution in [2.24, 2.45) is 5.92 Å². The Morgan fingerprint density at radius 1 is 1.24 bits per heavy atom. The maximum absolute atomic E-state index is 12.4. The third-order valence-corrected chi connectivity index (χ3v) is 5.12. The van der Waals surface area contributed by atoms with E-state index < -0.39 is 0 Å². The minimum Gasteiger partial charge on any atom is -0.359 e. The van der Waals surface area contributed by atoms with Crippen LogP contribution in [0.3, 0.4) is 0 Å². The smallest absolute Gasteiger partial charge is 0.239 e. The van der Waals surface area contributed by atoms with E-state index in [1.807, 2.05) is 0 Å². The molecule has 1 aromatic carbocycles. The summed E-state index contributed by atoms with van der Waals surface area (Å²) in [5, 5.41) is 3.27. The quantitative estimate of drug-likeness (QED) is 0.926. The minimum atomic E-state index is 0.178. The standard InChI is InChI=1S/C18H26N2O/c1-13-7-3-5-9-16(13)19-18(21)12-20-14(2)11-15-8-4-6-10-17(15)20/h4,6,8,10,13-14,16H,3,5,7,9,11-12H2,1-2H3,(H,19,21)/t13-,14-,16+/m1/s1. The second kappa shape index (κ2) is 6.08. The lowest BCUT2D eigenvalue weighted by atomic mass is 9.86. The first-order valence-electron chi connectivity index (χ1n) is 8.29. The van der Waals surface area contributed by atoms with Crippen LogP contribution in [0.5, 0.6) is 0 Å². The second-order valence-corrected chi connectivity index (χ2v) is 6.75. The van der Waals surface area contributed by atoms with E-state index in [0.29, 0.717) is 24.5 Å². The summed E-state index contributed by atoms with van der Waals surface area (Å²) in [7, 11) is 0. The molecule has 1 amide bonds. The zero-order chi connectivity index (χ0) is 14.8. The van der Waals surface area contributed by atoms with Gasteiger partial charge < -0.3 is 10.2 Å². The van der Waals surface area contributed by atoms with Crippen LogP contribution >= 0.6 is 0 Å². The van der Waals surface area contributed by atoms with Gasteiger partial charge in [-0.1, -0.05) is 38.0 Å². The van der Waals surface area contributed by atoms with Crippen LogP contribution in [0.2, 0.25) is 0 Å². The van der Waals surface area contributed by atoms with Crippen molar-refractivity contribution in [3.63, 3.8) is 0 Å². The predicted molar refractivity (Wildman–Crippen MR) is 86.5 cm³/mol. The highest BCUT2D eigenvalue weighted by molar-refractivity contribution is 5.82. The molecule has 3 nitrogen and oxygen atoms in total. The molecule has 114 valence electrons. The molecule has 0 aromatic heterocycles. The third kappa shape index (κ3) is 3.07. The van der Waals surface area contributed by atoms with Crippen LogP contribution in [0.25, 0.3) is 0 Å². The van der Waals surface area contributed by atoms with E-state index in [0.717, 1.165) is 12.8 Å². The van der Waals surface area contributed by atoms with Crippen LogP contribution in [0.1, 0.15) is 45.1 Å². The normalized spacial score (nSPS) is 28.3. The minimum absolute atomic E-state index is 0.178. The van der Waals surface area contributed by atoms with Gasteiger partial charge in [0.15, 0.2) is 0 Å². The van der Waals surface area contributed by atoms with E-state index in [-0.39, 0.29) is 5.91 Å². The largest absolute Gasteiger partial charge is 0.359 e. The van der Waals surface area contributed by atoms with Gasteiger partial charge in [0.2, 0.25) is 5.91 Å². The number of hydrogen-bond acceptors (Lipinski definition) is 2. The molecular weight excluding hydrogens is 260 g/mol. The Bertz CT molecular complexity index is 514. The topological polar surface area (TPSA) is 32.3 Å². The van der Waals surface area contributed by atoms with E-state index >= 15 is 0 Å². The van der Waals surface area contributed by atoms with Crippen molar-refractivity contribution in [2.75, 3.05) is 11.4 Å². The molecule has 21 heavy (non-hydrogen) atoms. The molecule has 1 aliphatic carbocycles. The van der Waals surface area contributed by atoms with Crippen molar-refractivity contribution in [1.82, 2.24) is 5.32 Å². The Hall–Kier alpha value is -1.51. The number of carbonyl (C=O) groups excluding carboxylic acids is 1. The van der Waals surface area contributed by atoms with E-state index in [1.54, 1.807) is 0 Å². The summed E-state index contributed by atoms with van der Waals surface area (Å²) >= 11 is 0. The van der Waals surface area contributed by atoms with Gasteiger partial charge in [-0.25, -0.2) is 0 Å². The van der Waals surface area contributed by atoms with Crippen molar-refractivity contribution in [1.29, 1.82) is 0 Å². The number of nitrogens with zero attached hydrogens (tertiary/aromatic N) is 1. The van der Waals surface area contributed by atoms with Gasteiger partial charge in [-0.15, -0.1) is 0 Å². The first-order chi connectivity index (χ1) is 10.1. The summed E-state index contributed by atoms with van der Waals surface area (Å²) < 4.78 is 0. The van der Waals surface area contributed by atoms with E-state index in [1.165, 1.54) is 30.5 Å². The highest BCUT2D eigenvalue weighted by atomic mass is 16.2. The number of amides is 1. The lowest BCUT2D eigenvalue weighted by Crippen LogP contribution is -2.46. The molecule has 1 aliphatic heterocycles. The van der Waals surface area contributed by atoms with Gasteiger partial charge in [-0.2, -0.15) is 0 Å². The van der Waals surface area contributed by atoms with Gasteiger partial charge in [0.05, 0.1) is 6.54 Å². The summed E-state index contributed by atoms with van der Waals surface area (Å²) in [5.74, 6) is 0.795. The predicted octanol–water partition coefficient (Wildman–Crippen LogP) is 3.13. The van der Waals surface area contributed by atoms with Crippen LogP contribution in [-0.4, -0.2) is 24.5 Å². The number of rotatable bonds is 3. The zero-order valence-electron chi connectivity index (χ0n) is 13.1. The highest BCUT2D eigenvalue weighted by Crippen LogP contribution is 2.31. The number of carbonyl (C=O) groups is 1. The first-order valence-corrected chi connectivity index (χ1v) is 8.29. The lowest BCUT2D eigenvalue weighted by molar-refractivity contribution is -0.121. The second-order valence-electron chi connectivity index (χ2n) is 6.75. The maximum atomic E-state index is 12.4. The van der Waals surface area contributed by atoms with Gasteiger partial charge in [0.25, 0.3) is 0 Å². The number of benzene rings is 1. The molecule has 1 fully saturated rings. The van der Waals surface area contributed by atoms with Crippen molar-refractivity contribution >= 4 is 11.6 Å². The highest BCUT2D eigenvalue weighted by Gasteiger charge is 2.28. The van der Waals surface area contributed by atoms with Gasteiger partial charge in [-0.3, -0.25) is 4.79 Å². The monoisotopic (exact) mass is 286 g/mol. The Kier molecular flexibility index (Phi) is 4.18. The van der Waals surface area contributed by atoms with Crippen molar-refractivity contribution in [2.45, 2.75) is 58.0 Å². The Morgan fingerprint density at radius 3 is 2.81 bits per heavy atom. The van der Waals surface area contributed by atoms with Crippen molar-refractivity contribution < 1.29 is 4.79 Å². The molecule has 1 aromatic rings. The zero-order valence-corrected chi connectivity index (χ0v) is 13.1. The molecule has 0 spiro atoms. The summed E-state index contributed by atoms with van der Waals surface area (Å²) in [5.41, 5.74) is 2.60. The molecule has 1 saturated carbocycles. The number of fused-ring (bicyclic) bond motifs is 1. The van der Waals surface area contributed by atoms with Crippen LogP contribution < -0.4 is 10.2 Å². The van der Waals surface area contributed by atoms with Gasteiger partial charge >= 0.3 is 0 Å². The van der Waals surface area contributed by atoms with Crippen LogP contribution in [-0.2, 0) is 11.2 Å². The van der Waals surface area contributed by atoms with Gasteiger partial charge in [0.1, 0.15) is 0 Å². The SMILES string of the molecule is C[C@@H]1CCCC[C@@H]1NC(=O)CN1c2ccccc2C[C@H]1C. The Morgan fingerprint density at radius 2 is 2.00 bits per heavy atom. The number of hydrogen-bond donors (Lipinski definition) is 1. The van der Waals surface area contributed by atoms with E-state index in [2.05, 4.69) is 48.3 Å². The number of para-hydroxylation sites is 1.